The number of carboxylic acid groups (broad SMARTS) is 1. The highest BCUT2D eigenvalue weighted by atomic mass is 16.4. The van der Waals surface area contributed by atoms with Crippen molar-refractivity contribution in [2.45, 2.75) is 43.8 Å². The van der Waals surface area contributed by atoms with E-state index < -0.39 is 66.6 Å². The number of primary amides is 1. The lowest BCUT2D eigenvalue weighted by Crippen LogP contribution is -2.55. The summed E-state index contributed by atoms with van der Waals surface area (Å²) in [5.74, 6) is -5.50. The molecule has 2 aliphatic rings. The number of carbonyl (C=O) groups excluding carboxylic acids is 5. The Balaban J connectivity index is 1.71. The molecule has 0 aliphatic carbocycles. The number of benzene rings is 2. The van der Waals surface area contributed by atoms with Crippen molar-refractivity contribution in [2.24, 2.45) is 22.2 Å². The van der Waals surface area contributed by atoms with Gasteiger partial charge in [-0.15, -0.1) is 0 Å². The summed E-state index contributed by atoms with van der Waals surface area (Å²) in [6.07, 6.45) is 1.26. The summed E-state index contributed by atoms with van der Waals surface area (Å²) in [7, 11) is 0. The third kappa shape index (κ3) is 8.37. The Morgan fingerprint density at radius 2 is 1.61 bits per heavy atom. The summed E-state index contributed by atoms with van der Waals surface area (Å²) < 4.78 is 0. The number of nitrogens with two attached hydrogens (primary N) is 3. The lowest BCUT2D eigenvalue weighted by molar-refractivity contribution is -0.141. The van der Waals surface area contributed by atoms with Crippen LogP contribution in [0.15, 0.2) is 53.7 Å². The molecule has 242 valence electrons. The lowest BCUT2D eigenvalue weighted by atomic mass is 9.98. The fraction of sp³-hybridized carbons (Fsp3) is 0.300. The van der Waals surface area contributed by atoms with Gasteiger partial charge in [-0.2, -0.15) is 0 Å². The van der Waals surface area contributed by atoms with E-state index in [0.29, 0.717) is 12.0 Å². The van der Waals surface area contributed by atoms with Gasteiger partial charge in [0.15, 0.2) is 5.96 Å². The van der Waals surface area contributed by atoms with Gasteiger partial charge < -0.3 is 48.6 Å². The maximum Gasteiger partial charge on any atom is 0.305 e. The first-order chi connectivity index (χ1) is 21.9. The van der Waals surface area contributed by atoms with Crippen molar-refractivity contribution in [1.82, 2.24) is 26.3 Å². The van der Waals surface area contributed by atoms with Gasteiger partial charge in [0.25, 0.3) is 5.91 Å². The van der Waals surface area contributed by atoms with Crippen LogP contribution in [0.1, 0.15) is 35.2 Å². The molecular formula is C30H35N9O7. The van der Waals surface area contributed by atoms with Crippen LogP contribution in [-0.4, -0.2) is 82.8 Å². The number of aromatic nitrogens is 1. The number of amides is 5. The smallest absolute Gasteiger partial charge is 0.305 e. The van der Waals surface area contributed by atoms with Gasteiger partial charge in [-0.25, -0.2) is 0 Å². The average Bonchev–Trinajstić information content (AvgIpc) is 3.42. The number of rotatable bonds is 7. The Morgan fingerprint density at radius 3 is 2.28 bits per heavy atom. The standard InChI is InChI=1S/C30H35N9O7/c31-26(43)21-11-17-13-35-25-18(3-1-4-19(17)25)15-6-8-16(9-7-15)27(44)38-20(5-2-10-34-30(32)33)28(45)36-14-23(40)37-22(12-24(41)42)29(46)39-21/h1,3-4,6-9,13,20-22,35H,2,5,10-12,14H2,(H2,31,43)(H,36,45)(H,37,40)(H,38,44)(H,39,46)(H,41,42)(H4,32,33,34)/t20-,21-,22-/m0/s1. The van der Waals surface area contributed by atoms with Crippen molar-refractivity contribution in [3.8, 4) is 11.1 Å². The van der Waals surface area contributed by atoms with E-state index in [1.807, 2.05) is 18.2 Å². The molecule has 1 aromatic heterocycles. The summed E-state index contributed by atoms with van der Waals surface area (Å²) in [6, 6.07) is 8.30. The van der Waals surface area contributed by atoms with Crippen molar-refractivity contribution in [3.63, 3.8) is 0 Å². The highest BCUT2D eigenvalue weighted by molar-refractivity contribution is 6.01. The highest BCUT2D eigenvalue weighted by Crippen LogP contribution is 2.30. The normalized spacial score (nSPS) is 19.3. The van der Waals surface area contributed by atoms with Crippen molar-refractivity contribution in [1.29, 1.82) is 0 Å². The Labute approximate surface area is 262 Å². The molecule has 0 radical (unpaired) electrons. The third-order valence-electron chi connectivity index (χ3n) is 7.36. The highest BCUT2D eigenvalue weighted by Gasteiger charge is 2.29. The number of nitrogens with one attached hydrogen (secondary N) is 5. The van der Waals surface area contributed by atoms with Crippen molar-refractivity contribution in [3.05, 3.63) is 59.8 Å². The summed E-state index contributed by atoms with van der Waals surface area (Å²) >= 11 is 0. The molecule has 16 nitrogen and oxygen atoms in total. The van der Waals surface area contributed by atoms with Gasteiger partial charge >= 0.3 is 5.97 Å². The van der Waals surface area contributed by atoms with Crippen molar-refractivity contribution < 1.29 is 33.9 Å². The quantitative estimate of drug-likeness (QED) is 0.0639. The van der Waals surface area contributed by atoms with Crippen LogP contribution in [0.3, 0.4) is 0 Å². The predicted molar refractivity (Wildman–Crippen MR) is 167 cm³/mol. The molecule has 3 aromatic rings. The third-order valence-corrected chi connectivity index (χ3v) is 7.36. The number of hydrogen-bond acceptors (Lipinski definition) is 7. The topological polar surface area (TPSA) is 277 Å². The molecule has 6 bridgehead atoms. The summed E-state index contributed by atoms with van der Waals surface area (Å²) in [6.45, 7) is -0.463. The lowest BCUT2D eigenvalue weighted by Gasteiger charge is -2.22. The zero-order chi connectivity index (χ0) is 33.4. The molecule has 0 unspecified atom stereocenters. The monoisotopic (exact) mass is 633 g/mol. The summed E-state index contributed by atoms with van der Waals surface area (Å²) in [4.78, 5) is 83.1. The van der Waals surface area contributed by atoms with Crippen LogP contribution in [0.2, 0.25) is 0 Å². The Hall–Kier alpha value is -5.93. The van der Waals surface area contributed by atoms with E-state index in [-0.39, 0.29) is 30.9 Å². The van der Waals surface area contributed by atoms with Crippen LogP contribution in [0.25, 0.3) is 22.0 Å². The van der Waals surface area contributed by atoms with Crippen LogP contribution in [0.5, 0.6) is 0 Å². The zero-order valence-electron chi connectivity index (χ0n) is 24.7. The van der Waals surface area contributed by atoms with Gasteiger partial charge in [0.2, 0.25) is 23.6 Å². The molecule has 46 heavy (non-hydrogen) atoms. The van der Waals surface area contributed by atoms with Crippen LogP contribution in [0, 0.1) is 0 Å². The molecule has 2 aromatic carbocycles. The van der Waals surface area contributed by atoms with Gasteiger partial charge in [0.05, 0.1) is 18.5 Å². The second-order valence-corrected chi connectivity index (χ2v) is 10.7. The first-order valence-corrected chi connectivity index (χ1v) is 14.4. The number of aromatic amines is 1. The molecule has 12 N–H and O–H groups in total. The molecule has 5 amide bonds. The van der Waals surface area contributed by atoms with Gasteiger partial charge in [-0.3, -0.25) is 33.8 Å². The number of guanidine groups is 1. The van der Waals surface area contributed by atoms with E-state index in [1.54, 1.807) is 30.5 Å². The maximum absolute atomic E-state index is 13.2. The number of carbonyl (C=O) groups is 6. The number of H-pyrrole nitrogens is 1. The second-order valence-electron chi connectivity index (χ2n) is 10.7. The second kappa shape index (κ2) is 14.7. The Morgan fingerprint density at radius 1 is 0.891 bits per heavy atom. The van der Waals surface area contributed by atoms with Crippen LogP contribution in [-0.2, 0) is 30.4 Å². The number of hydrogen-bond donors (Lipinski definition) is 9. The van der Waals surface area contributed by atoms with Crippen molar-refractivity contribution in [2.75, 3.05) is 13.1 Å². The largest absolute Gasteiger partial charge is 0.481 e. The summed E-state index contributed by atoms with van der Waals surface area (Å²) in [5, 5.41) is 19.9. The molecule has 3 heterocycles. The predicted octanol–water partition coefficient (Wildman–Crippen LogP) is -1.41. The number of nitrogens with zero attached hydrogens (tertiary/aromatic N) is 1. The van der Waals surface area contributed by atoms with Gasteiger partial charge in [0, 0.05) is 35.7 Å². The number of fused-ring (bicyclic) bond motifs is 14. The minimum atomic E-state index is -1.59. The van der Waals surface area contributed by atoms with E-state index in [2.05, 4.69) is 31.2 Å². The zero-order valence-corrected chi connectivity index (χ0v) is 24.7. The SMILES string of the molecule is NC(=O)[C@@H]1Cc2c[nH]c3c(cccc23)-c2ccc(cc2)C(=O)N[C@@H](CCCN=C(N)N)C(=O)NCC(=O)N[C@@H](CC(=O)O)C(=O)N1. The van der Waals surface area contributed by atoms with Crippen LogP contribution >= 0.6 is 0 Å². The van der Waals surface area contributed by atoms with Crippen LogP contribution in [0.4, 0.5) is 0 Å². The van der Waals surface area contributed by atoms with Gasteiger partial charge in [-0.05, 0) is 36.1 Å². The van der Waals surface area contributed by atoms with Crippen molar-refractivity contribution >= 4 is 52.4 Å². The van der Waals surface area contributed by atoms with E-state index in [1.165, 1.54) is 0 Å². The Kier molecular flexibility index (Phi) is 10.5. The molecule has 0 saturated carbocycles. The first-order valence-electron chi connectivity index (χ1n) is 14.4. The molecule has 0 spiro atoms. The van der Waals surface area contributed by atoms with E-state index in [0.717, 1.165) is 22.0 Å². The fourth-order valence-electron chi connectivity index (χ4n) is 5.07. The molecule has 5 rings (SSSR count). The van der Waals surface area contributed by atoms with E-state index in [4.69, 9.17) is 17.2 Å². The Bertz CT molecular complexity index is 1680. The van der Waals surface area contributed by atoms with E-state index >= 15 is 0 Å². The minimum absolute atomic E-state index is 0.0298. The fourth-order valence-corrected chi connectivity index (χ4v) is 5.07. The van der Waals surface area contributed by atoms with Crippen LogP contribution < -0.4 is 38.5 Å². The van der Waals surface area contributed by atoms with Gasteiger partial charge in [0.1, 0.15) is 18.1 Å². The molecular weight excluding hydrogens is 598 g/mol. The molecule has 0 fully saturated rings. The van der Waals surface area contributed by atoms with Gasteiger partial charge in [-0.1, -0.05) is 30.3 Å². The average molecular weight is 634 g/mol. The molecule has 0 saturated heterocycles. The number of aliphatic imine (C=N–C) groups is 1. The summed E-state index contributed by atoms with van der Waals surface area (Å²) in [5.41, 5.74) is 19.5. The molecule has 3 atom stereocenters. The molecule has 16 heteroatoms. The molecule has 2 aliphatic heterocycles. The number of aliphatic carboxylic acids is 1. The first kappa shape index (κ1) is 33.0. The minimum Gasteiger partial charge on any atom is -0.481 e. The number of carboxylic acids is 1. The van der Waals surface area contributed by atoms with E-state index in [9.17, 15) is 33.9 Å². The number of para-hydroxylation sites is 1. The maximum atomic E-state index is 13.2.